The summed E-state index contributed by atoms with van der Waals surface area (Å²) in [5, 5.41) is 19.0. The van der Waals surface area contributed by atoms with Gasteiger partial charge in [-0.1, -0.05) is 36.9 Å². The quantitative estimate of drug-likeness (QED) is 0.896. The molecule has 0 bridgehead atoms. The Kier molecular flexibility index (Phi) is 3.50. The fourth-order valence-electron chi connectivity index (χ4n) is 1.68. The first-order chi connectivity index (χ1) is 8.65. The summed E-state index contributed by atoms with van der Waals surface area (Å²) in [6.45, 7) is 3.69. The van der Waals surface area contributed by atoms with E-state index in [4.69, 9.17) is 5.26 Å². The molecule has 0 saturated heterocycles. The first-order valence-electron chi connectivity index (χ1n) is 5.31. The zero-order valence-corrected chi connectivity index (χ0v) is 11.1. The summed E-state index contributed by atoms with van der Waals surface area (Å²) in [6, 6.07) is 12.9. The van der Waals surface area contributed by atoms with Crippen LogP contribution in [0.1, 0.15) is 11.1 Å². The minimum absolute atomic E-state index is 0.139. The summed E-state index contributed by atoms with van der Waals surface area (Å²) < 4.78 is 0.518. The molecule has 2 rings (SSSR count). The maximum absolute atomic E-state index is 10.0. The fourth-order valence-corrected chi connectivity index (χ4v) is 2.14. The number of nitrogens with zero attached hydrogens (tertiary/aromatic N) is 1. The van der Waals surface area contributed by atoms with E-state index in [1.165, 1.54) is 0 Å². The normalized spacial score (nSPS) is 9.78. The Bertz CT molecular complexity index is 639. The zero-order chi connectivity index (χ0) is 13.1. The van der Waals surface area contributed by atoms with Gasteiger partial charge in [0.05, 0.1) is 16.1 Å². The average molecular weight is 300 g/mol. The molecular formula is C15H10BrNO. The maximum atomic E-state index is 10.0. The predicted octanol–water partition coefficient (Wildman–Crippen LogP) is 4.34. The second kappa shape index (κ2) is 5.07. The molecule has 88 valence electrons. The van der Waals surface area contributed by atoms with E-state index in [-0.39, 0.29) is 5.75 Å². The summed E-state index contributed by atoms with van der Waals surface area (Å²) in [5.41, 5.74) is 3.00. The third-order valence-corrected chi connectivity index (χ3v) is 3.25. The van der Waals surface area contributed by atoms with Gasteiger partial charge in [0.25, 0.3) is 0 Å². The molecule has 0 aliphatic rings. The molecule has 0 atom stereocenters. The van der Waals surface area contributed by atoms with E-state index in [1.807, 2.05) is 24.3 Å². The second-order valence-electron chi connectivity index (χ2n) is 3.79. The molecule has 1 N–H and O–H groups in total. The lowest BCUT2D eigenvalue weighted by Gasteiger charge is -2.07. The standard InChI is InChI=1S/C15H10BrNO/c1-2-10-3-5-12(6-4-10)13-7-11(9-17)8-14(16)15(13)18/h2-8,18H,1H2. The van der Waals surface area contributed by atoms with E-state index >= 15 is 0 Å². The third kappa shape index (κ3) is 2.29. The number of hydrogen-bond acceptors (Lipinski definition) is 2. The van der Waals surface area contributed by atoms with Crippen molar-refractivity contribution in [3.05, 3.63) is 58.6 Å². The number of hydrogen-bond donors (Lipinski definition) is 1. The van der Waals surface area contributed by atoms with Crippen molar-refractivity contribution < 1.29 is 5.11 Å². The highest BCUT2D eigenvalue weighted by atomic mass is 79.9. The van der Waals surface area contributed by atoms with Crippen LogP contribution in [-0.2, 0) is 0 Å². The number of aromatic hydroxyl groups is 1. The molecule has 3 heteroatoms. The van der Waals surface area contributed by atoms with Gasteiger partial charge in [-0.05, 0) is 39.2 Å². The van der Waals surface area contributed by atoms with Crippen molar-refractivity contribution >= 4 is 22.0 Å². The maximum Gasteiger partial charge on any atom is 0.137 e. The van der Waals surface area contributed by atoms with Crippen molar-refractivity contribution in [2.45, 2.75) is 0 Å². The van der Waals surface area contributed by atoms with Crippen LogP contribution in [0.4, 0.5) is 0 Å². The van der Waals surface area contributed by atoms with Crippen molar-refractivity contribution in [3.8, 4) is 22.9 Å². The molecule has 18 heavy (non-hydrogen) atoms. The first-order valence-corrected chi connectivity index (χ1v) is 6.10. The Hall–Kier alpha value is -2.05. The van der Waals surface area contributed by atoms with E-state index < -0.39 is 0 Å². The third-order valence-electron chi connectivity index (χ3n) is 2.65. The van der Waals surface area contributed by atoms with Crippen molar-refractivity contribution in [3.63, 3.8) is 0 Å². The van der Waals surface area contributed by atoms with Gasteiger partial charge < -0.3 is 5.11 Å². The number of phenolic OH excluding ortho intramolecular Hbond substituents is 1. The summed E-state index contributed by atoms with van der Waals surface area (Å²) in [6.07, 6.45) is 1.76. The molecule has 0 aliphatic heterocycles. The molecule has 0 amide bonds. The van der Waals surface area contributed by atoms with Crippen LogP contribution in [0.25, 0.3) is 17.2 Å². The van der Waals surface area contributed by atoms with Crippen LogP contribution in [0, 0.1) is 11.3 Å². The van der Waals surface area contributed by atoms with Crippen molar-refractivity contribution in [2.75, 3.05) is 0 Å². The highest BCUT2D eigenvalue weighted by molar-refractivity contribution is 9.10. The summed E-state index contributed by atoms with van der Waals surface area (Å²) >= 11 is 3.25. The summed E-state index contributed by atoms with van der Waals surface area (Å²) in [7, 11) is 0. The number of halogens is 1. The number of phenols is 1. The Morgan fingerprint density at radius 2 is 1.89 bits per heavy atom. The molecule has 0 unspecified atom stereocenters. The lowest BCUT2D eigenvalue weighted by atomic mass is 10.0. The Morgan fingerprint density at radius 3 is 2.44 bits per heavy atom. The Balaban J connectivity index is 2.59. The van der Waals surface area contributed by atoms with Crippen molar-refractivity contribution in [1.29, 1.82) is 5.26 Å². The van der Waals surface area contributed by atoms with E-state index in [1.54, 1.807) is 18.2 Å². The van der Waals surface area contributed by atoms with Gasteiger partial charge in [-0.15, -0.1) is 0 Å². The molecule has 0 heterocycles. The Labute approximate surface area is 114 Å². The Morgan fingerprint density at radius 1 is 1.22 bits per heavy atom. The molecule has 0 fully saturated rings. The van der Waals surface area contributed by atoms with Crippen LogP contribution in [0.2, 0.25) is 0 Å². The van der Waals surface area contributed by atoms with Crippen molar-refractivity contribution in [2.24, 2.45) is 0 Å². The largest absolute Gasteiger partial charge is 0.506 e. The SMILES string of the molecule is C=Cc1ccc(-c2cc(C#N)cc(Br)c2O)cc1. The topological polar surface area (TPSA) is 44.0 Å². The lowest BCUT2D eigenvalue weighted by molar-refractivity contribution is 0.474. The van der Waals surface area contributed by atoms with Crippen molar-refractivity contribution in [1.82, 2.24) is 0 Å². The van der Waals surface area contributed by atoms with Gasteiger partial charge in [0.15, 0.2) is 0 Å². The van der Waals surface area contributed by atoms with Gasteiger partial charge in [0.2, 0.25) is 0 Å². The van der Waals surface area contributed by atoms with Gasteiger partial charge in [-0.3, -0.25) is 0 Å². The average Bonchev–Trinajstić information content (AvgIpc) is 2.42. The number of nitriles is 1. The van der Waals surface area contributed by atoms with Gasteiger partial charge in [0.1, 0.15) is 5.75 Å². The minimum Gasteiger partial charge on any atom is -0.506 e. The highest BCUT2D eigenvalue weighted by Gasteiger charge is 2.10. The first kappa shape index (κ1) is 12.4. The predicted molar refractivity (Wildman–Crippen MR) is 76.0 cm³/mol. The molecule has 0 spiro atoms. The van der Waals surface area contributed by atoms with E-state index in [9.17, 15) is 5.11 Å². The van der Waals surface area contributed by atoms with E-state index in [0.29, 0.717) is 15.6 Å². The van der Waals surface area contributed by atoms with Gasteiger partial charge in [-0.2, -0.15) is 5.26 Å². The number of rotatable bonds is 2. The fraction of sp³-hybridized carbons (Fsp3) is 0. The van der Waals surface area contributed by atoms with Gasteiger partial charge >= 0.3 is 0 Å². The lowest BCUT2D eigenvalue weighted by Crippen LogP contribution is -1.84. The number of benzene rings is 2. The molecule has 0 aliphatic carbocycles. The van der Waals surface area contributed by atoms with Crippen LogP contribution in [0.15, 0.2) is 47.4 Å². The summed E-state index contributed by atoms with van der Waals surface area (Å²) in [4.78, 5) is 0. The zero-order valence-electron chi connectivity index (χ0n) is 9.52. The molecule has 0 aromatic heterocycles. The van der Waals surface area contributed by atoms with Crippen LogP contribution in [-0.4, -0.2) is 5.11 Å². The van der Waals surface area contributed by atoms with Crippen LogP contribution >= 0.6 is 15.9 Å². The van der Waals surface area contributed by atoms with E-state index in [0.717, 1.165) is 11.1 Å². The van der Waals surface area contributed by atoms with Gasteiger partial charge in [-0.25, -0.2) is 0 Å². The monoisotopic (exact) mass is 299 g/mol. The van der Waals surface area contributed by atoms with Crippen LogP contribution < -0.4 is 0 Å². The molecule has 0 saturated carbocycles. The minimum atomic E-state index is 0.139. The van der Waals surface area contributed by atoms with E-state index in [2.05, 4.69) is 28.6 Å². The van der Waals surface area contributed by atoms with Crippen LogP contribution in [0.5, 0.6) is 5.75 Å². The molecule has 2 aromatic carbocycles. The second-order valence-corrected chi connectivity index (χ2v) is 4.65. The molecule has 2 nitrogen and oxygen atoms in total. The molecule has 0 radical (unpaired) electrons. The summed E-state index contributed by atoms with van der Waals surface area (Å²) in [5.74, 6) is 0.139. The molecular weight excluding hydrogens is 290 g/mol. The van der Waals surface area contributed by atoms with Gasteiger partial charge in [0, 0.05) is 5.56 Å². The smallest absolute Gasteiger partial charge is 0.137 e. The van der Waals surface area contributed by atoms with Crippen LogP contribution in [0.3, 0.4) is 0 Å². The molecule has 2 aromatic rings. The highest BCUT2D eigenvalue weighted by Crippen LogP contribution is 2.36.